The third kappa shape index (κ3) is 2.54. The number of ether oxygens (including phenoxy) is 1. The molecule has 21 heavy (non-hydrogen) atoms. The number of halogens is 1. The van der Waals surface area contributed by atoms with Crippen molar-refractivity contribution in [3.8, 4) is 5.75 Å². The molecule has 0 aromatic heterocycles. The molecule has 2 unspecified atom stereocenters. The van der Waals surface area contributed by atoms with Crippen LogP contribution in [-0.2, 0) is 5.54 Å². The SMILES string of the molecule is CC1COc2ccccc2C1(CO)Nc1ccc(Br)cc1. The van der Waals surface area contributed by atoms with Crippen LogP contribution in [0.5, 0.6) is 5.75 Å². The molecule has 0 amide bonds. The van der Waals surface area contributed by atoms with E-state index in [9.17, 15) is 5.11 Å². The summed E-state index contributed by atoms with van der Waals surface area (Å²) in [5, 5.41) is 13.7. The number of benzene rings is 2. The molecule has 1 heterocycles. The monoisotopic (exact) mass is 347 g/mol. The van der Waals surface area contributed by atoms with Crippen molar-refractivity contribution < 1.29 is 9.84 Å². The maximum atomic E-state index is 10.1. The molecule has 1 aliphatic rings. The van der Waals surface area contributed by atoms with Crippen LogP contribution < -0.4 is 10.1 Å². The fraction of sp³-hybridized carbons (Fsp3) is 0.294. The van der Waals surface area contributed by atoms with Crippen molar-refractivity contribution in [3.63, 3.8) is 0 Å². The molecule has 110 valence electrons. The van der Waals surface area contributed by atoms with Crippen molar-refractivity contribution in [2.24, 2.45) is 5.92 Å². The molecule has 0 spiro atoms. The molecule has 3 nitrogen and oxygen atoms in total. The van der Waals surface area contributed by atoms with Crippen LogP contribution in [0.15, 0.2) is 53.0 Å². The number of aliphatic hydroxyl groups excluding tert-OH is 1. The van der Waals surface area contributed by atoms with Gasteiger partial charge >= 0.3 is 0 Å². The molecule has 3 rings (SSSR count). The van der Waals surface area contributed by atoms with Crippen molar-refractivity contribution in [2.75, 3.05) is 18.5 Å². The molecule has 2 N–H and O–H groups in total. The van der Waals surface area contributed by atoms with Crippen LogP contribution in [0.3, 0.4) is 0 Å². The number of aliphatic hydroxyl groups is 1. The van der Waals surface area contributed by atoms with Gasteiger partial charge in [-0.15, -0.1) is 0 Å². The van der Waals surface area contributed by atoms with Gasteiger partial charge in [0.15, 0.2) is 0 Å². The minimum Gasteiger partial charge on any atom is -0.493 e. The maximum Gasteiger partial charge on any atom is 0.124 e. The quantitative estimate of drug-likeness (QED) is 0.887. The summed E-state index contributed by atoms with van der Waals surface area (Å²) in [5.41, 5.74) is 1.47. The highest BCUT2D eigenvalue weighted by Crippen LogP contribution is 2.42. The number of para-hydroxylation sites is 1. The minimum absolute atomic E-state index is 0.0185. The highest BCUT2D eigenvalue weighted by atomic mass is 79.9. The summed E-state index contributed by atoms with van der Waals surface area (Å²) in [4.78, 5) is 0. The van der Waals surface area contributed by atoms with Gasteiger partial charge in [-0.3, -0.25) is 0 Å². The van der Waals surface area contributed by atoms with Crippen molar-refractivity contribution in [2.45, 2.75) is 12.5 Å². The van der Waals surface area contributed by atoms with Crippen LogP contribution in [0.4, 0.5) is 5.69 Å². The molecule has 0 saturated carbocycles. The number of nitrogens with one attached hydrogen (secondary N) is 1. The average Bonchev–Trinajstić information content (AvgIpc) is 2.52. The lowest BCUT2D eigenvalue weighted by atomic mass is 9.77. The summed E-state index contributed by atoms with van der Waals surface area (Å²) in [6.07, 6.45) is 0. The van der Waals surface area contributed by atoms with Gasteiger partial charge < -0.3 is 15.2 Å². The Balaban J connectivity index is 2.04. The van der Waals surface area contributed by atoms with Gasteiger partial charge in [-0.05, 0) is 30.3 Å². The van der Waals surface area contributed by atoms with Gasteiger partial charge in [-0.1, -0.05) is 41.1 Å². The van der Waals surface area contributed by atoms with Gasteiger partial charge in [-0.2, -0.15) is 0 Å². The van der Waals surface area contributed by atoms with E-state index in [-0.39, 0.29) is 12.5 Å². The number of hydrogen-bond donors (Lipinski definition) is 2. The van der Waals surface area contributed by atoms with E-state index in [2.05, 4.69) is 28.2 Å². The molecule has 2 aromatic carbocycles. The lowest BCUT2D eigenvalue weighted by Gasteiger charge is -2.43. The summed E-state index contributed by atoms with van der Waals surface area (Å²) < 4.78 is 6.82. The van der Waals surface area contributed by atoms with E-state index in [0.29, 0.717) is 6.61 Å². The van der Waals surface area contributed by atoms with Crippen LogP contribution in [0.1, 0.15) is 12.5 Å². The molecule has 0 fully saturated rings. The van der Waals surface area contributed by atoms with E-state index in [1.807, 2.05) is 48.5 Å². The van der Waals surface area contributed by atoms with Crippen molar-refractivity contribution >= 4 is 21.6 Å². The Morgan fingerprint density at radius 1 is 1.24 bits per heavy atom. The predicted molar refractivity (Wildman–Crippen MR) is 87.6 cm³/mol. The first kappa shape index (κ1) is 14.4. The topological polar surface area (TPSA) is 41.5 Å². The molecule has 2 aromatic rings. The normalized spacial score (nSPS) is 24.0. The van der Waals surface area contributed by atoms with Crippen LogP contribution in [0.2, 0.25) is 0 Å². The fourth-order valence-electron chi connectivity index (χ4n) is 2.85. The van der Waals surface area contributed by atoms with Gasteiger partial charge in [-0.25, -0.2) is 0 Å². The second-order valence-corrected chi connectivity index (χ2v) is 6.39. The molecule has 0 aliphatic carbocycles. The second-order valence-electron chi connectivity index (χ2n) is 5.47. The van der Waals surface area contributed by atoms with Gasteiger partial charge in [0.1, 0.15) is 5.75 Å². The molecular formula is C17H18BrNO2. The van der Waals surface area contributed by atoms with E-state index in [0.717, 1.165) is 21.5 Å². The number of fused-ring (bicyclic) bond motifs is 1. The van der Waals surface area contributed by atoms with Gasteiger partial charge in [0.25, 0.3) is 0 Å². The summed E-state index contributed by atoms with van der Waals surface area (Å²) >= 11 is 3.44. The predicted octanol–water partition coefficient (Wildman–Crippen LogP) is 3.78. The van der Waals surface area contributed by atoms with Crippen molar-refractivity contribution in [1.82, 2.24) is 0 Å². The summed E-state index contributed by atoms with van der Waals surface area (Å²) in [7, 11) is 0. The summed E-state index contributed by atoms with van der Waals surface area (Å²) in [6.45, 7) is 2.70. The maximum absolute atomic E-state index is 10.1. The van der Waals surface area contributed by atoms with E-state index < -0.39 is 5.54 Å². The standard InChI is InChI=1S/C17H18BrNO2/c1-12-10-21-16-5-3-2-4-15(16)17(12,11-20)19-14-8-6-13(18)7-9-14/h2-9,12,19-20H,10-11H2,1H3. The zero-order chi connectivity index (χ0) is 14.9. The summed E-state index contributed by atoms with van der Waals surface area (Å²) in [5.74, 6) is 0.996. The lowest BCUT2D eigenvalue weighted by molar-refractivity contribution is 0.0995. The molecule has 0 saturated heterocycles. The Morgan fingerprint density at radius 2 is 1.95 bits per heavy atom. The van der Waals surface area contributed by atoms with Crippen molar-refractivity contribution in [1.29, 1.82) is 0 Å². The number of hydrogen-bond acceptors (Lipinski definition) is 3. The molecular weight excluding hydrogens is 330 g/mol. The zero-order valence-corrected chi connectivity index (χ0v) is 13.4. The van der Waals surface area contributed by atoms with Crippen LogP contribution in [-0.4, -0.2) is 18.3 Å². The van der Waals surface area contributed by atoms with Crippen LogP contribution in [0, 0.1) is 5.92 Å². The van der Waals surface area contributed by atoms with Crippen LogP contribution >= 0.6 is 15.9 Å². The first-order valence-corrected chi connectivity index (χ1v) is 7.82. The highest BCUT2D eigenvalue weighted by molar-refractivity contribution is 9.10. The molecule has 2 atom stereocenters. The van der Waals surface area contributed by atoms with Gasteiger partial charge in [0.05, 0.1) is 18.8 Å². The Hall–Kier alpha value is -1.52. The number of rotatable bonds is 3. The van der Waals surface area contributed by atoms with Crippen molar-refractivity contribution in [3.05, 3.63) is 58.6 Å². The van der Waals surface area contributed by atoms with E-state index in [1.54, 1.807) is 0 Å². The highest BCUT2D eigenvalue weighted by Gasteiger charge is 2.43. The molecule has 1 aliphatic heterocycles. The second kappa shape index (κ2) is 5.70. The fourth-order valence-corrected chi connectivity index (χ4v) is 3.11. The van der Waals surface area contributed by atoms with E-state index in [4.69, 9.17) is 4.74 Å². The molecule has 0 radical (unpaired) electrons. The van der Waals surface area contributed by atoms with Gasteiger partial charge in [0.2, 0.25) is 0 Å². The number of anilines is 1. The van der Waals surface area contributed by atoms with E-state index >= 15 is 0 Å². The third-order valence-electron chi connectivity index (χ3n) is 4.16. The Kier molecular flexibility index (Phi) is 3.91. The van der Waals surface area contributed by atoms with E-state index in [1.165, 1.54) is 0 Å². The lowest BCUT2D eigenvalue weighted by Crippen LogP contribution is -2.49. The smallest absolute Gasteiger partial charge is 0.124 e. The van der Waals surface area contributed by atoms with Crippen LogP contribution in [0.25, 0.3) is 0 Å². The first-order valence-electron chi connectivity index (χ1n) is 7.02. The third-order valence-corrected chi connectivity index (χ3v) is 4.69. The zero-order valence-electron chi connectivity index (χ0n) is 11.8. The Bertz CT molecular complexity index is 629. The molecule has 0 bridgehead atoms. The Labute approximate surface area is 133 Å². The largest absolute Gasteiger partial charge is 0.493 e. The average molecular weight is 348 g/mol. The summed E-state index contributed by atoms with van der Waals surface area (Å²) in [6, 6.07) is 15.9. The van der Waals surface area contributed by atoms with Gasteiger partial charge in [0, 0.05) is 21.6 Å². The Morgan fingerprint density at radius 3 is 2.67 bits per heavy atom. The first-order chi connectivity index (χ1) is 10.2. The minimum atomic E-state index is -0.525. The molecule has 4 heteroatoms.